The molecule has 0 radical (unpaired) electrons. The van der Waals surface area contributed by atoms with E-state index >= 15 is 0 Å². The van der Waals surface area contributed by atoms with Crippen LogP contribution in [-0.2, 0) is 0 Å². The highest BCUT2D eigenvalue weighted by Gasteiger charge is 2.24. The van der Waals surface area contributed by atoms with Gasteiger partial charge in [0, 0.05) is 49.5 Å². The fourth-order valence-electron chi connectivity index (χ4n) is 11.9. The number of nitrogens with zero attached hydrogens (tertiary/aromatic N) is 6. The lowest BCUT2D eigenvalue weighted by Gasteiger charge is -2.19. The molecule has 0 saturated heterocycles. The standard InChI is InChI=1S/C76H48N6/c77-49-50-31-38-71(82-72-41-34-59(53-23-11-3-12-24-53)46-67(72)68-47-60(35-42-73(68)82)54-25-13-4-14-26-54)64(43-50)63-48-61(36-37-62(63)76-79-74(55-27-15-5-16-28-55)78-75(80-76)56-29-17-6-18-30-56)81-69-39-32-57(51-19-7-1-8-20-51)44-65(69)66-45-58(33-40-70(66)81)52-21-9-2-10-22-52/h1-48H. The largest absolute Gasteiger partial charge is 0.309 e. The van der Waals surface area contributed by atoms with E-state index in [0.717, 1.165) is 127 Å². The predicted octanol–water partition coefficient (Wildman–Crippen LogP) is 19.3. The van der Waals surface area contributed by atoms with E-state index in [9.17, 15) is 5.26 Å². The molecule has 382 valence electrons. The summed E-state index contributed by atoms with van der Waals surface area (Å²) in [5, 5.41) is 15.4. The maximum atomic E-state index is 10.9. The van der Waals surface area contributed by atoms with Gasteiger partial charge in [-0.25, -0.2) is 15.0 Å². The van der Waals surface area contributed by atoms with Crippen LogP contribution in [0.3, 0.4) is 0 Å². The number of hydrogen-bond acceptors (Lipinski definition) is 4. The first-order valence-corrected chi connectivity index (χ1v) is 27.5. The maximum absolute atomic E-state index is 10.9. The van der Waals surface area contributed by atoms with Crippen molar-refractivity contribution in [2.45, 2.75) is 0 Å². The predicted molar refractivity (Wildman–Crippen MR) is 337 cm³/mol. The van der Waals surface area contributed by atoms with Crippen LogP contribution in [0.15, 0.2) is 291 Å². The van der Waals surface area contributed by atoms with E-state index in [-0.39, 0.29) is 0 Å². The Morgan fingerprint density at radius 2 is 0.610 bits per heavy atom. The lowest BCUT2D eigenvalue weighted by molar-refractivity contribution is 1.07. The molecule has 0 fully saturated rings. The van der Waals surface area contributed by atoms with E-state index < -0.39 is 0 Å². The number of aromatic nitrogens is 5. The number of hydrogen-bond donors (Lipinski definition) is 0. The van der Waals surface area contributed by atoms with Crippen LogP contribution in [0.25, 0.3) is 145 Å². The summed E-state index contributed by atoms with van der Waals surface area (Å²) in [5.74, 6) is 1.62. The SMILES string of the molecule is N#Cc1ccc(-n2c3ccc(-c4ccccc4)cc3c3cc(-c4ccccc4)ccc32)c(-c2cc(-n3c4ccc(-c5ccccc5)cc4c4cc(-c5ccccc5)ccc43)ccc2-c2nc(-c3ccccc3)nc(-c3ccccc3)n2)c1. The summed E-state index contributed by atoms with van der Waals surface area (Å²) in [5.41, 5.74) is 19.9. The first kappa shape index (κ1) is 47.9. The summed E-state index contributed by atoms with van der Waals surface area (Å²) in [6.07, 6.45) is 0. The van der Waals surface area contributed by atoms with Crippen molar-refractivity contribution in [1.82, 2.24) is 24.1 Å². The molecule has 15 aromatic rings. The van der Waals surface area contributed by atoms with Crippen LogP contribution in [0.2, 0.25) is 0 Å². The number of rotatable bonds is 10. The first-order chi connectivity index (χ1) is 40.6. The van der Waals surface area contributed by atoms with E-state index in [1.54, 1.807) is 0 Å². The molecule has 0 aliphatic carbocycles. The minimum atomic E-state index is 0.507. The summed E-state index contributed by atoms with van der Waals surface area (Å²) < 4.78 is 4.75. The maximum Gasteiger partial charge on any atom is 0.164 e. The van der Waals surface area contributed by atoms with E-state index in [4.69, 9.17) is 15.0 Å². The quantitative estimate of drug-likeness (QED) is 0.137. The molecule has 0 spiro atoms. The summed E-state index contributed by atoms with van der Waals surface area (Å²) >= 11 is 0. The molecular formula is C76H48N6. The van der Waals surface area contributed by atoms with Gasteiger partial charge in [-0.15, -0.1) is 0 Å². The van der Waals surface area contributed by atoms with Crippen molar-refractivity contribution in [3.05, 3.63) is 297 Å². The summed E-state index contributed by atoms with van der Waals surface area (Å²) in [7, 11) is 0. The van der Waals surface area contributed by atoms with Crippen molar-refractivity contribution in [2.24, 2.45) is 0 Å². The van der Waals surface area contributed by atoms with Crippen molar-refractivity contribution in [1.29, 1.82) is 5.26 Å². The third-order valence-electron chi connectivity index (χ3n) is 15.8. The average Bonchev–Trinajstić information content (AvgIpc) is 4.15. The number of benzene rings is 12. The minimum absolute atomic E-state index is 0.507. The van der Waals surface area contributed by atoms with Crippen LogP contribution >= 0.6 is 0 Å². The third kappa shape index (κ3) is 8.49. The second-order valence-corrected chi connectivity index (χ2v) is 20.7. The third-order valence-corrected chi connectivity index (χ3v) is 15.8. The molecule has 6 nitrogen and oxygen atoms in total. The van der Waals surface area contributed by atoms with E-state index in [0.29, 0.717) is 23.0 Å². The molecule has 0 N–H and O–H groups in total. The highest BCUT2D eigenvalue weighted by Crippen LogP contribution is 2.45. The highest BCUT2D eigenvalue weighted by atomic mass is 15.0. The molecular weight excluding hydrogens is 997 g/mol. The Hall–Kier alpha value is -11.3. The van der Waals surface area contributed by atoms with Crippen LogP contribution in [0, 0.1) is 11.3 Å². The molecule has 82 heavy (non-hydrogen) atoms. The zero-order valence-corrected chi connectivity index (χ0v) is 44.4. The molecule has 0 atom stereocenters. The van der Waals surface area contributed by atoms with Crippen LogP contribution in [0.5, 0.6) is 0 Å². The molecule has 12 aromatic carbocycles. The molecule has 0 unspecified atom stereocenters. The summed E-state index contributed by atoms with van der Waals surface area (Å²) in [6, 6.07) is 105. The molecule has 3 aromatic heterocycles. The fraction of sp³-hybridized carbons (Fsp3) is 0. The molecule has 6 heteroatoms. The Bertz CT molecular complexity index is 4700. The van der Waals surface area contributed by atoms with Gasteiger partial charge in [0.25, 0.3) is 0 Å². The number of nitriles is 1. The van der Waals surface area contributed by atoms with Gasteiger partial charge in [0.1, 0.15) is 0 Å². The van der Waals surface area contributed by atoms with Crippen molar-refractivity contribution in [2.75, 3.05) is 0 Å². The normalized spacial score (nSPS) is 11.4. The van der Waals surface area contributed by atoms with Gasteiger partial charge < -0.3 is 9.13 Å². The van der Waals surface area contributed by atoms with Gasteiger partial charge >= 0.3 is 0 Å². The fourth-order valence-corrected chi connectivity index (χ4v) is 11.9. The van der Waals surface area contributed by atoms with Crippen LogP contribution in [0.4, 0.5) is 0 Å². The first-order valence-electron chi connectivity index (χ1n) is 27.5. The lowest BCUT2D eigenvalue weighted by Crippen LogP contribution is -2.04. The molecule has 0 saturated carbocycles. The monoisotopic (exact) mass is 1040 g/mol. The average molecular weight is 1050 g/mol. The van der Waals surface area contributed by atoms with E-state index in [2.05, 4.69) is 234 Å². The van der Waals surface area contributed by atoms with Gasteiger partial charge in [-0.3, -0.25) is 0 Å². The van der Waals surface area contributed by atoms with Gasteiger partial charge in [0.2, 0.25) is 0 Å². The topological polar surface area (TPSA) is 72.3 Å². The Kier molecular flexibility index (Phi) is 11.8. The van der Waals surface area contributed by atoms with Gasteiger partial charge in [-0.05, 0) is 135 Å². The lowest BCUT2D eigenvalue weighted by atomic mass is 9.94. The van der Waals surface area contributed by atoms with Crippen molar-refractivity contribution < 1.29 is 0 Å². The van der Waals surface area contributed by atoms with Crippen LogP contribution in [0.1, 0.15) is 5.56 Å². The van der Waals surface area contributed by atoms with Crippen molar-refractivity contribution >= 4 is 43.6 Å². The molecule has 0 bridgehead atoms. The molecule has 0 aliphatic rings. The van der Waals surface area contributed by atoms with Crippen molar-refractivity contribution in [3.8, 4) is 107 Å². The Labute approximate surface area is 474 Å². The minimum Gasteiger partial charge on any atom is -0.309 e. The molecule has 3 heterocycles. The van der Waals surface area contributed by atoms with E-state index in [1.165, 1.54) is 0 Å². The van der Waals surface area contributed by atoms with Crippen LogP contribution in [-0.4, -0.2) is 24.1 Å². The second-order valence-electron chi connectivity index (χ2n) is 20.7. The summed E-state index contributed by atoms with van der Waals surface area (Å²) in [4.78, 5) is 15.9. The Morgan fingerprint density at radius 1 is 0.256 bits per heavy atom. The smallest absolute Gasteiger partial charge is 0.164 e. The second kappa shape index (κ2) is 20.2. The van der Waals surface area contributed by atoms with Gasteiger partial charge in [0.05, 0.1) is 39.4 Å². The molecule has 15 rings (SSSR count). The summed E-state index contributed by atoms with van der Waals surface area (Å²) in [6.45, 7) is 0. The Morgan fingerprint density at radius 3 is 0.988 bits per heavy atom. The highest BCUT2D eigenvalue weighted by molar-refractivity contribution is 6.14. The van der Waals surface area contributed by atoms with Crippen LogP contribution < -0.4 is 0 Å². The van der Waals surface area contributed by atoms with Gasteiger partial charge in [-0.2, -0.15) is 5.26 Å². The Balaban J connectivity index is 1.03. The van der Waals surface area contributed by atoms with Crippen molar-refractivity contribution in [3.63, 3.8) is 0 Å². The van der Waals surface area contributed by atoms with Gasteiger partial charge in [0.15, 0.2) is 17.5 Å². The molecule has 0 aliphatic heterocycles. The van der Waals surface area contributed by atoms with Gasteiger partial charge in [-0.1, -0.05) is 206 Å². The number of fused-ring (bicyclic) bond motifs is 6. The zero-order valence-electron chi connectivity index (χ0n) is 44.4. The van der Waals surface area contributed by atoms with E-state index in [1.807, 2.05) is 72.8 Å². The molecule has 0 amide bonds. The zero-order chi connectivity index (χ0) is 54.5.